The van der Waals surface area contributed by atoms with Gasteiger partial charge in [-0.25, -0.2) is 0 Å². The molecule has 3 rings (SSSR count). The number of aryl methyl sites for hydroxylation is 1. The molecule has 1 aliphatic heterocycles. The molecule has 8 heteroatoms. The topological polar surface area (TPSA) is 95.7 Å². The van der Waals surface area contributed by atoms with Gasteiger partial charge in [0.25, 0.3) is 0 Å². The second kappa shape index (κ2) is 6.49. The summed E-state index contributed by atoms with van der Waals surface area (Å²) < 4.78 is 4.99. The smallest absolute Gasteiger partial charge is 0.311 e. The minimum absolute atomic E-state index is 0. The summed E-state index contributed by atoms with van der Waals surface area (Å²) in [6.45, 7) is 4.68. The minimum Gasteiger partial charge on any atom is -0.481 e. The molecule has 1 aromatic heterocycles. The zero-order valence-corrected chi connectivity index (χ0v) is 14.1. The van der Waals surface area contributed by atoms with Gasteiger partial charge in [0.15, 0.2) is 0 Å². The number of carboxylic acids is 1. The molecule has 2 N–H and O–H groups in total. The average Bonchev–Trinajstić information content (AvgIpc) is 3.11. The molecule has 2 aliphatic rings. The first-order chi connectivity index (χ1) is 10.4. The zero-order chi connectivity index (χ0) is 15.9. The number of hydrogen-bond donors (Lipinski definition) is 2. The molecule has 0 radical (unpaired) electrons. The lowest BCUT2D eigenvalue weighted by molar-refractivity contribution is -0.149. The van der Waals surface area contributed by atoms with Crippen molar-refractivity contribution in [2.75, 3.05) is 18.4 Å². The van der Waals surface area contributed by atoms with Gasteiger partial charge in [-0.1, -0.05) is 11.6 Å². The molecule has 0 aromatic carbocycles. The molecule has 3 atom stereocenters. The van der Waals surface area contributed by atoms with Crippen LogP contribution in [0.5, 0.6) is 0 Å². The van der Waals surface area contributed by atoms with Gasteiger partial charge in [-0.05, 0) is 32.6 Å². The third kappa shape index (κ3) is 3.07. The fourth-order valence-corrected chi connectivity index (χ4v) is 3.79. The van der Waals surface area contributed by atoms with Crippen molar-refractivity contribution in [1.29, 1.82) is 0 Å². The van der Waals surface area contributed by atoms with Gasteiger partial charge in [-0.2, -0.15) is 0 Å². The fourth-order valence-electron chi connectivity index (χ4n) is 3.79. The monoisotopic (exact) mass is 343 g/mol. The molecule has 1 saturated carbocycles. The SMILES string of the molecule is Cc1cc(NC(=O)C(C)N2C[C@@H]3CCC[C@@]3(C(=O)O)C2)on1.Cl. The van der Waals surface area contributed by atoms with E-state index in [1.807, 2.05) is 4.90 Å². The number of nitrogens with one attached hydrogen (secondary N) is 1. The van der Waals surface area contributed by atoms with E-state index in [4.69, 9.17) is 4.52 Å². The molecule has 1 aromatic rings. The molecule has 1 unspecified atom stereocenters. The summed E-state index contributed by atoms with van der Waals surface area (Å²) in [6, 6.07) is 1.26. The molecule has 0 bridgehead atoms. The number of amides is 1. The van der Waals surface area contributed by atoms with Crippen molar-refractivity contribution in [3.63, 3.8) is 0 Å². The summed E-state index contributed by atoms with van der Waals surface area (Å²) in [6.07, 6.45) is 2.60. The normalized spacial score (nSPS) is 28.0. The van der Waals surface area contributed by atoms with Crippen LogP contribution < -0.4 is 5.32 Å². The first-order valence-electron chi connectivity index (χ1n) is 7.64. The number of hydrogen-bond acceptors (Lipinski definition) is 5. The van der Waals surface area contributed by atoms with E-state index in [9.17, 15) is 14.7 Å². The van der Waals surface area contributed by atoms with E-state index in [0.29, 0.717) is 31.1 Å². The molecule has 0 spiro atoms. The van der Waals surface area contributed by atoms with Crippen LogP contribution in [0.15, 0.2) is 10.6 Å². The highest BCUT2D eigenvalue weighted by Crippen LogP contribution is 2.49. The molecule has 1 saturated heterocycles. The van der Waals surface area contributed by atoms with E-state index >= 15 is 0 Å². The quantitative estimate of drug-likeness (QED) is 0.867. The van der Waals surface area contributed by atoms with Crippen molar-refractivity contribution in [3.05, 3.63) is 11.8 Å². The maximum Gasteiger partial charge on any atom is 0.311 e. The second-order valence-electron chi connectivity index (χ2n) is 6.48. The summed E-state index contributed by atoms with van der Waals surface area (Å²) >= 11 is 0. The number of rotatable bonds is 4. The lowest BCUT2D eigenvalue weighted by Gasteiger charge is -2.26. The first-order valence-corrected chi connectivity index (χ1v) is 7.64. The maximum absolute atomic E-state index is 12.3. The second-order valence-corrected chi connectivity index (χ2v) is 6.48. The largest absolute Gasteiger partial charge is 0.481 e. The maximum atomic E-state index is 12.3. The van der Waals surface area contributed by atoms with Crippen molar-refractivity contribution in [2.45, 2.75) is 39.2 Å². The van der Waals surface area contributed by atoms with E-state index in [0.717, 1.165) is 12.8 Å². The number of likely N-dealkylation sites (tertiary alicyclic amines) is 1. The number of carbonyl (C=O) groups excluding carboxylic acids is 1. The Morgan fingerprint density at radius 3 is 2.87 bits per heavy atom. The Morgan fingerprint density at radius 1 is 1.57 bits per heavy atom. The van der Waals surface area contributed by atoms with Crippen LogP contribution in [0.25, 0.3) is 0 Å². The zero-order valence-electron chi connectivity index (χ0n) is 13.2. The van der Waals surface area contributed by atoms with Crippen molar-refractivity contribution in [1.82, 2.24) is 10.1 Å². The van der Waals surface area contributed by atoms with E-state index in [1.54, 1.807) is 19.9 Å². The number of anilines is 1. The highest BCUT2D eigenvalue weighted by molar-refractivity contribution is 5.93. The van der Waals surface area contributed by atoms with E-state index in [2.05, 4.69) is 10.5 Å². The lowest BCUT2D eigenvalue weighted by atomic mass is 9.81. The minimum atomic E-state index is -0.726. The van der Waals surface area contributed by atoms with Gasteiger partial charge in [0.2, 0.25) is 11.8 Å². The van der Waals surface area contributed by atoms with Gasteiger partial charge < -0.3 is 9.63 Å². The Kier molecular flexibility index (Phi) is 5.01. The van der Waals surface area contributed by atoms with Crippen LogP contribution in [0.4, 0.5) is 5.88 Å². The molecule has 128 valence electrons. The Hall–Kier alpha value is -1.60. The van der Waals surface area contributed by atoms with Crippen LogP contribution in [-0.2, 0) is 9.59 Å². The van der Waals surface area contributed by atoms with Gasteiger partial charge in [0.1, 0.15) is 0 Å². The molecular weight excluding hydrogens is 322 g/mol. The molecular formula is C15H22ClN3O4. The molecule has 1 aliphatic carbocycles. The lowest BCUT2D eigenvalue weighted by Crippen LogP contribution is -2.43. The standard InChI is InChI=1S/C15H21N3O4.ClH/c1-9-6-12(22-17-9)16-13(19)10(2)18-7-11-4-3-5-15(11,8-18)14(20)21;/h6,10-11H,3-5,7-8H2,1-2H3,(H,16,19)(H,20,21);1H/t10?,11-,15+;/m0./s1. The summed E-state index contributed by atoms with van der Waals surface area (Å²) in [7, 11) is 0. The number of halogens is 1. The molecule has 1 amide bonds. The van der Waals surface area contributed by atoms with Crippen LogP contribution in [0.1, 0.15) is 31.9 Å². The van der Waals surface area contributed by atoms with Gasteiger partial charge >= 0.3 is 5.97 Å². The van der Waals surface area contributed by atoms with Crippen molar-refractivity contribution >= 4 is 30.2 Å². The predicted octanol–water partition coefficient (Wildman–Crippen LogP) is 1.92. The molecule has 2 heterocycles. The van der Waals surface area contributed by atoms with E-state index < -0.39 is 17.4 Å². The Morgan fingerprint density at radius 2 is 2.30 bits per heavy atom. The number of fused-ring (bicyclic) bond motifs is 1. The fraction of sp³-hybridized carbons (Fsp3) is 0.667. The van der Waals surface area contributed by atoms with Crippen molar-refractivity contribution in [2.24, 2.45) is 11.3 Å². The van der Waals surface area contributed by atoms with Crippen molar-refractivity contribution < 1.29 is 19.2 Å². The third-order valence-electron chi connectivity index (χ3n) is 5.12. The number of carbonyl (C=O) groups is 2. The van der Waals surface area contributed by atoms with Gasteiger partial charge in [0, 0.05) is 19.2 Å². The van der Waals surface area contributed by atoms with Crippen LogP contribution in [-0.4, -0.2) is 46.2 Å². The number of aromatic nitrogens is 1. The van der Waals surface area contributed by atoms with Gasteiger partial charge in [-0.15, -0.1) is 12.4 Å². The summed E-state index contributed by atoms with van der Waals surface area (Å²) in [5, 5.41) is 16.0. The summed E-state index contributed by atoms with van der Waals surface area (Å²) in [4.78, 5) is 26.0. The first kappa shape index (κ1) is 17.7. The summed E-state index contributed by atoms with van der Waals surface area (Å²) in [5.74, 6) is -0.456. The molecule has 23 heavy (non-hydrogen) atoms. The Balaban J connectivity index is 0.00000192. The highest BCUT2D eigenvalue weighted by Gasteiger charge is 2.55. The number of aliphatic carboxylic acids is 1. The van der Waals surface area contributed by atoms with Crippen LogP contribution in [0, 0.1) is 18.3 Å². The predicted molar refractivity (Wildman–Crippen MR) is 85.6 cm³/mol. The van der Waals surface area contributed by atoms with Crippen LogP contribution in [0.2, 0.25) is 0 Å². The van der Waals surface area contributed by atoms with Crippen LogP contribution in [0.3, 0.4) is 0 Å². The Bertz CT molecular complexity index is 605. The van der Waals surface area contributed by atoms with Gasteiger partial charge in [0.05, 0.1) is 17.2 Å². The molecule has 2 fully saturated rings. The third-order valence-corrected chi connectivity index (χ3v) is 5.12. The number of carboxylic acid groups (broad SMARTS) is 1. The highest BCUT2D eigenvalue weighted by atomic mass is 35.5. The van der Waals surface area contributed by atoms with Crippen LogP contribution >= 0.6 is 12.4 Å². The average molecular weight is 344 g/mol. The van der Waals surface area contributed by atoms with E-state index in [1.165, 1.54) is 0 Å². The van der Waals surface area contributed by atoms with Crippen molar-refractivity contribution in [3.8, 4) is 0 Å². The number of nitrogens with zero attached hydrogens (tertiary/aromatic N) is 2. The summed E-state index contributed by atoms with van der Waals surface area (Å²) in [5.41, 5.74) is 0.0284. The van der Waals surface area contributed by atoms with Gasteiger partial charge in [-0.3, -0.25) is 19.8 Å². The van der Waals surface area contributed by atoms with E-state index in [-0.39, 0.29) is 24.2 Å². The molecule has 7 nitrogen and oxygen atoms in total. The Labute approximate surface area is 140 Å².